The molecule has 0 aromatic carbocycles. The van der Waals surface area contributed by atoms with E-state index < -0.39 is 0 Å². The molecule has 0 amide bonds. The first-order valence-corrected chi connectivity index (χ1v) is 4.84. The first-order chi connectivity index (χ1) is 5.47. The predicted octanol–water partition coefficient (Wildman–Crippen LogP) is 3.60. The molecule has 0 bridgehead atoms. The third-order valence-electron chi connectivity index (χ3n) is 2.81. The summed E-state index contributed by atoms with van der Waals surface area (Å²) in [6, 6.07) is 0. The van der Waals surface area contributed by atoms with Gasteiger partial charge in [0.15, 0.2) is 0 Å². The van der Waals surface area contributed by atoms with Crippen molar-refractivity contribution in [2.75, 3.05) is 0 Å². The van der Waals surface area contributed by atoms with Crippen LogP contribution in [0.25, 0.3) is 0 Å². The molecule has 0 atom stereocenters. The highest BCUT2D eigenvalue weighted by molar-refractivity contribution is 5.33. The van der Waals surface area contributed by atoms with Gasteiger partial charge in [-0.1, -0.05) is 30.6 Å². The van der Waals surface area contributed by atoms with E-state index in [4.69, 9.17) is 0 Å². The normalized spacial score (nSPS) is 24.7. The molecule has 0 N–H and O–H groups in total. The van der Waals surface area contributed by atoms with Crippen LogP contribution in [0.3, 0.4) is 0 Å². The van der Waals surface area contributed by atoms with Crippen LogP contribution in [0.4, 0.5) is 0 Å². The first kappa shape index (κ1) is 7.15. The van der Waals surface area contributed by atoms with E-state index in [1.165, 1.54) is 44.9 Å². The zero-order valence-corrected chi connectivity index (χ0v) is 7.10. The van der Waals surface area contributed by atoms with Crippen LogP contribution in [0.1, 0.15) is 44.9 Å². The molecule has 60 valence electrons. The number of hydrogen-bond acceptors (Lipinski definition) is 0. The van der Waals surface area contributed by atoms with Crippen molar-refractivity contribution in [1.82, 2.24) is 0 Å². The van der Waals surface area contributed by atoms with Crippen LogP contribution in [-0.4, -0.2) is 0 Å². The van der Waals surface area contributed by atoms with Crippen molar-refractivity contribution in [3.63, 3.8) is 0 Å². The zero-order chi connectivity index (χ0) is 7.52. The van der Waals surface area contributed by atoms with Gasteiger partial charge in [0.2, 0.25) is 0 Å². The van der Waals surface area contributed by atoms with Gasteiger partial charge >= 0.3 is 0 Å². The lowest BCUT2D eigenvalue weighted by Gasteiger charge is -2.11. The molecule has 0 aromatic rings. The van der Waals surface area contributed by atoms with E-state index in [9.17, 15) is 0 Å². The van der Waals surface area contributed by atoms with Gasteiger partial charge in [-0.2, -0.15) is 0 Å². The minimum atomic E-state index is 1.26. The number of hydrogen-bond donors (Lipinski definition) is 0. The van der Waals surface area contributed by atoms with E-state index in [0.29, 0.717) is 0 Å². The van der Waals surface area contributed by atoms with Crippen molar-refractivity contribution in [2.45, 2.75) is 44.9 Å². The van der Waals surface area contributed by atoms with Crippen LogP contribution < -0.4 is 0 Å². The molecule has 2 aliphatic carbocycles. The average Bonchev–Trinajstić information content (AvgIpc) is 2.35. The Hall–Kier alpha value is -0.520. The lowest BCUT2D eigenvalue weighted by molar-refractivity contribution is 0.615. The lowest BCUT2D eigenvalue weighted by atomic mass is 9.95. The van der Waals surface area contributed by atoms with Crippen LogP contribution in [0.5, 0.6) is 0 Å². The third kappa shape index (κ3) is 1.55. The molecular weight excluding hydrogens is 132 g/mol. The quantitative estimate of drug-likeness (QED) is 0.492. The summed E-state index contributed by atoms with van der Waals surface area (Å²) in [7, 11) is 0. The molecule has 0 unspecified atom stereocenters. The standard InChI is InChI=1S/C11H16/c1-2-4-7-11-9-5-8-10(11)6-3-1/h5,8H,1-4,6-7,9H2. The Morgan fingerprint density at radius 3 is 2.64 bits per heavy atom. The second-order valence-corrected chi connectivity index (χ2v) is 3.65. The van der Waals surface area contributed by atoms with Gasteiger partial charge in [-0.05, 0) is 37.7 Å². The van der Waals surface area contributed by atoms with Crippen LogP contribution in [0, 0.1) is 0 Å². The molecule has 0 aliphatic heterocycles. The van der Waals surface area contributed by atoms with Gasteiger partial charge < -0.3 is 0 Å². The summed E-state index contributed by atoms with van der Waals surface area (Å²) >= 11 is 0. The predicted molar refractivity (Wildman–Crippen MR) is 48.5 cm³/mol. The Morgan fingerprint density at radius 1 is 0.909 bits per heavy atom. The highest BCUT2D eigenvalue weighted by Crippen LogP contribution is 2.30. The summed E-state index contributed by atoms with van der Waals surface area (Å²) in [6.45, 7) is 0. The first-order valence-electron chi connectivity index (χ1n) is 4.84. The molecule has 2 rings (SSSR count). The lowest BCUT2D eigenvalue weighted by Crippen LogP contribution is -1.91. The Kier molecular flexibility index (Phi) is 2.11. The van der Waals surface area contributed by atoms with Crippen molar-refractivity contribution in [2.24, 2.45) is 0 Å². The smallest absolute Gasteiger partial charge is 0.0130 e. The van der Waals surface area contributed by atoms with Gasteiger partial charge in [-0.25, -0.2) is 0 Å². The van der Waals surface area contributed by atoms with E-state index in [1.54, 1.807) is 11.1 Å². The van der Waals surface area contributed by atoms with E-state index in [2.05, 4.69) is 12.2 Å². The second kappa shape index (κ2) is 3.25. The Balaban J connectivity index is 2.09. The summed E-state index contributed by atoms with van der Waals surface area (Å²) in [6.07, 6.45) is 14.4. The molecule has 0 saturated carbocycles. The van der Waals surface area contributed by atoms with Gasteiger partial charge in [0.05, 0.1) is 0 Å². The Bertz CT molecular complexity index is 196. The molecule has 11 heavy (non-hydrogen) atoms. The van der Waals surface area contributed by atoms with Crippen LogP contribution in [0.2, 0.25) is 0 Å². The maximum absolute atomic E-state index is 2.35. The fraction of sp³-hybridized carbons (Fsp3) is 0.636. The largest absolute Gasteiger partial charge is 0.0802 e. The highest BCUT2D eigenvalue weighted by Gasteiger charge is 2.10. The van der Waals surface area contributed by atoms with Gasteiger partial charge in [-0.15, -0.1) is 0 Å². The van der Waals surface area contributed by atoms with Gasteiger partial charge in [0.25, 0.3) is 0 Å². The third-order valence-corrected chi connectivity index (χ3v) is 2.81. The van der Waals surface area contributed by atoms with E-state index >= 15 is 0 Å². The maximum atomic E-state index is 2.35. The van der Waals surface area contributed by atoms with E-state index in [-0.39, 0.29) is 0 Å². The van der Waals surface area contributed by atoms with Crippen molar-refractivity contribution < 1.29 is 0 Å². The molecule has 0 aromatic heterocycles. The maximum Gasteiger partial charge on any atom is -0.0130 e. The van der Waals surface area contributed by atoms with Crippen LogP contribution in [0.15, 0.2) is 23.3 Å². The number of allylic oxidation sites excluding steroid dienone is 4. The average molecular weight is 148 g/mol. The van der Waals surface area contributed by atoms with Gasteiger partial charge in [0, 0.05) is 0 Å². The molecular formula is C11H16. The minimum absolute atomic E-state index is 1.26. The highest BCUT2D eigenvalue weighted by atomic mass is 14.2. The van der Waals surface area contributed by atoms with E-state index in [1.807, 2.05) is 0 Å². The van der Waals surface area contributed by atoms with Crippen molar-refractivity contribution >= 4 is 0 Å². The SMILES string of the molecule is C1=CC2=C(C1)CCCCCC2. The fourth-order valence-electron chi connectivity index (χ4n) is 2.12. The second-order valence-electron chi connectivity index (χ2n) is 3.65. The van der Waals surface area contributed by atoms with Crippen molar-refractivity contribution in [1.29, 1.82) is 0 Å². The molecule has 0 nitrogen and oxygen atoms in total. The Labute approximate surface area is 69.0 Å². The minimum Gasteiger partial charge on any atom is -0.0802 e. The summed E-state index contributed by atoms with van der Waals surface area (Å²) in [5.41, 5.74) is 3.41. The van der Waals surface area contributed by atoms with Crippen LogP contribution >= 0.6 is 0 Å². The molecule has 0 heterocycles. The monoisotopic (exact) mass is 148 g/mol. The molecule has 0 heteroatoms. The zero-order valence-electron chi connectivity index (χ0n) is 7.10. The molecule has 0 saturated heterocycles. The summed E-state index contributed by atoms with van der Waals surface area (Å²) < 4.78 is 0. The van der Waals surface area contributed by atoms with E-state index in [0.717, 1.165) is 0 Å². The molecule has 2 aliphatic rings. The molecule has 0 radical (unpaired) electrons. The summed E-state index contributed by atoms with van der Waals surface area (Å²) in [5, 5.41) is 0. The topological polar surface area (TPSA) is 0 Å². The van der Waals surface area contributed by atoms with Crippen LogP contribution in [-0.2, 0) is 0 Å². The molecule has 0 fully saturated rings. The van der Waals surface area contributed by atoms with Crippen molar-refractivity contribution in [3.8, 4) is 0 Å². The number of rotatable bonds is 0. The summed E-state index contributed by atoms with van der Waals surface area (Å²) in [4.78, 5) is 0. The van der Waals surface area contributed by atoms with Crippen molar-refractivity contribution in [3.05, 3.63) is 23.3 Å². The molecule has 0 spiro atoms. The summed E-state index contributed by atoms with van der Waals surface area (Å²) in [5.74, 6) is 0. The van der Waals surface area contributed by atoms with Gasteiger partial charge in [-0.3, -0.25) is 0 Å². The fourth-order valence-corrected chi connectivity index (χ4v) is 2.12. The van der Waals surface area contributed by atoms with Gasteiger partial charge in [0.1, 0.15) is 0 Å². The Morgan fingerprint density at radius 2 is 1.73 bits per heavy atom.